The molecule has 0 aliphatic carbocycles. The smallest absolute Gasteiger partial charge is 0.201 e. The van der Waals surface area contributed by atoms with Gasteiger partial charge in [0.05, 0.1) is 16.4 Å². The molecule has 0 saturated carbocycles. The lowest BCUT2D eigenvalue weighted by atomic mass is 10.3. The van der Waals surface area contributed by atoms with Crippen molar-refractivity contribution in [2.45, 2.75) is 12.8 Å². The van der Waals surface area contributed by atoms with Crippen LogP contribution in [0, 0.1) is 0 Å². The van der Waals surface area contributed by atoms with Gasteiger partial charge in [-0.15, -0.1) is 21.6 Å². The van der Waals surface area contributed by atoms with E-state index in [-0.39, 0.29) is 0 Å². The Morgan fingerprint density at radius 1 is 0.960 bits per heavy atom. The predicted octanol–water partition coefficient (Wildman–Crippen LogP) is 5.66. The van der Waals surface area contributed by atoms with Crippen molar-refractivity contribution in [3.63, 3.8) is 0 Å². The van der Waals surface area contributed by atoms with E-state index in [0.29, 0.717) is 0 Å². The van der Waals surface area contributed by atoms with Gasteiger partial charge in [0.2, 0.25) is 5.13 Å². The molecule has 4 rings (SSSR count). The molecular formula is C17H18N6S2. The Morgan fingerprint density at radius 3 is 2.56 bits per heavy atom. The molecule has 3 aromatic rings. The van der Waals surface area contributed by atoms with Crippen LogP contribution in [0.1, 0.15) is 12.8 Å². The molecule has 1 fully saturated rings. The number of anilines is 3. The van der Waals surface area contributed by atoms with E-state index in [1.807, 2.05) is 35.7 Å². The van der Waals surface area contributed by atoms with Crippen LogP contribution in [0.25, 0.3) is 0 Å². The summed E-state index contributed by atoms with van der Waals surface area (Å²) in [5.74, 6) is 0. The Balaban J connectivity index is 1.35. The number of rotatable bonds is 6. The number of aromatic nitrogens is 1. The number of nitrogens with zero attached hydrogens (tertiary/aromatic N) is 4. The lowest BCUT2D eigenvalue weighted by Crippen LogP contribution is -2.15. The standard InChI is InChI=1S/C17H18N6S2/c1-2-11-23(10-1)16-8-7-15(25-16)21-19-13-3-5-14(6-4-13)20-22-17-18-9-12-24-17/h3-9,12,20H,1-2,10-11H2,(H,18,22). The number of hydrogen-bond donors (Lipinski definition) is 2. The third-order valence-corrected chi connectivity index (χ3v) is 5.59. The van der Waals surface area contributed by atoms with E-state index in [1.54, 1.807) is 28.9 Å². The maximum absolute atomic E-state index is 4.36. The molecule has 25 heavy (non-hydrogen) atoms. The molecule has 3 heterocycles. The van der Waals surface area contributed by atoms with Crippen molar-refractivity contribution in [3.05, 3.63) is 48.0 Å². The highest BCUT2D eigenvalue weighted by molar-refractivity contribution is 7.19. The van der Waals surface area contributed by atoms with Gasteiger partial charge < -0.3 is 4.90 Å². The number of benzene rings is 1. The van der Waals surface area contributed by atoms with Crippen LogP contribution in [0.4, 0.5) is 26.5 Å². The minimum Gasteiger partial charge on any atom is -0.363 e. The van der Waals surface area contributed by atoms with Gasteiger partial charge in [0.1, 0.15) is 5.00 Å². The van der Waals surface area contributed by atoms with Crippen LogP contribution in [-0.2, 0) is 0 Å². The molecule has 1 aliphatic rings. The van der Waals surface area contributed by atoms with Crippen LogP contribution in [0.5, 0.6) is 0 Å². The molecule has 2 aromatic heterocycles. The molecule has 0 bridgehead atoms. The lowest BCUT2D eigenvalue weighted by Gasteiger charge is -2.13. The third-order valence-electron chi connectivity index (χ3n) is 3.87. The van der Waals surface area contributed by atoms with E-state index >= 15 is 0 Å². The molecule has 0 atom stereocenters. The Hall–Kier alpha value is -2.45. The van der Waals surface area contributed by atoms with Gasteiger partial charge >= 0.3 is 0 Å². The second kappa shape index (κ2) is 7.62. The van der Waals surface area contributed by atoms with Gasteiger partial charge in [-0.2, -0.15) is 0 Å². The van der Waals surface area contributed by atoms with Crippen molar-refractivity contribution < 1.29 is 0 Å². The second-order valence-electron chi connectivity index (χ2n) is 5.64. The zero-order valence-corrected chi connectivity index (χ0v) is 15.2. The summed E-state index contributed by atoms with van der Waals surface area (Å²) < 4.78 is 0. The predicted molar refractivity (Wildman–Crippen MR) is 106 cm³/mol. The Labute approximate surface area is 154 Å². The normalized spacial score (nSPS) is 14.3. The monoisotopic (exact) mass is 370 g/mol. The lowest BCUT2D eigenvalue weighted by molar-refractivity contribution is 0.949. The fraction of sp³-hybridized carbons (Fsp3) is 0.235. The first-order valence-electron chi connectivity index (χ1n) is 8.15. The summed E-state index contributed by atoms with van der Waals surface area (Å²) in [7, 11) is 0. The van der Waals surface area contributed by atoms with Gasteiger partial charge in [-0.25, -0.2) is 4.98 Å². The Morgan fingerprint density at radius 2 is 1.80 bits per heavy atom. The van der Waals surface area contributed by atoms with Crippen LogP contribution >= 0.6 is 22.7 Å². The second-order valence-corrected chi connectivity index (χ2v) is 7.58. The SMILES string of the molecule is c1csc(NNc2ccc(N=Nc3ccc(N4CCCC4)s3)cc2)n1. The zero-order chi connectivity index (χ0) is 16.9. The fourth-order valence-electron chi connectivity index (χ4n) is 2.61. The first-order chi connectivity index (χ1) is 12.4. The fourth-order valence-corrected chi connectivity index (χ4v) is 3.97. The molecular weight excluding hydrogens is 352 g/mol. The third kappa shape index (κ3) is 4.15. The largest absolute Gasteiger partial charge is 0.363 e. The molecule has 1 aliphatic heterocycles. The summed E-state index contributed by atoms with van der Waals surface area (Å²) in [6.45, 7) is 2.31. The summed E-state index contributed by atoms with van der Waals surface area (Å²) in [5.41, 5.74) is 7.93. The number of nitrogens with one attached hydrogen (secondary N) is 2. The van der Waals surface area contributed by atoms with Crippen molar-refractivity contribution in [2.24, 2.45) is 10.2 Å². The van der Waals surface area contributed by atoms with E-state index in [1.165, 1.54) is 17.8 Å². The molecule has 1 saturated heterocycles. The zero-order valence-electron chi connectivity index (χ0n) is 13.6. The summed E-state index contributed by atoms with van der Waals surface area (Å²) in [6.07, 6.45) is 4.33. The topological polar surface area (TPSA) is 64.9 Å². The Kier molecular flexibility index (Phi) is 4.89. The van der Waals surface area contributed by atoms with Crippen LogP contribution in [0.15, 0.2) is 58.2 Å². The average Bonchev–Trinajstić information content (AvgIpc) is 3.41. The highest BCUT2D eigenvalue weighted by Crippen LogP contribution is 2.34. The van der Waals surface area contributed by atoms with Crippen LogP contribution in [0.2, 0.25) is 0 Å². The van der Waals surface area contributed by atoms with Gasteiger partial charge in [0.25, 0.3) is 0 Å². The van der Waals surface area contributed by atoms with Crippen LogP contribution in [-0.4, -0.2) is 18.1 Å². The minimum atomic E-state index is 0.829. The van der Waals surface area contributed by atoms with E-state index in [4.69, 9.17) is 0 Å². The van der Waals surface area contributed by atoms with Gasteiger partial charge in [-0.3, -0.25) is 10.9 Å². The molecule has 0 unspecified atom stereocenters. The van der Waals surface area contributed by atoms with E-state index in [2.05, 4.69) is 37.0 Å². The van der Waals surface area contributed by atoms with Crippen molar-refractivity contribution in [2.75, 3.05) is 28.8 Å². The van der Waals surface area contributed by atoms with Crippen LogP contribution in [0.3, 0.4) is 0 Å². The van der Waals surface area contributed by atoms with Gasteiger partial charge in [-0.05, 0) is 49.2 Å². The molecule has 0 amide bonds. The number of hydrazine groups is 1. The first-order valence-corrected chi connectivity index (χ1v) is 9.84. The van der Waals surface area contributed by atoms with E-state index in [0.717, 1.165) is 34.6 Å². The maximum Gasteiger partial charge on any atom is 0.201 e. The summed E-state index contributed by atoms with van der Waals surface area (Å²) in [5, 5.41) is 13.7. The molecule has 2 N–H and O–H groups in total. The van der Waals surface area contributed by atoms with Crippen molar-refractivity contribution >= 4 is 49.2 Å². The van der Waals surface area contributed by atoms with Crippen molar-refractivity contribution in [1.82, 2.24) is 4.98 Å². The van der Waals surface area contributed by atoms with Gasteiger partial charge in [-0.1, -0.05) is 11.3 Å². The Bertz CT molecular complexity index is 819. The maximum atomic E-state index is 4.36. The molecule has 0 radical (unpaired) electrons. The van der Waals surface area contributed by atoms with E-state index < -0.39 is 0 Å². The van der Waals surface area contributed by atoms with Gasteiger partial charge in [0, 0.05) is 24.7 Å². The van der Waals surface area contributed by atoms with Crippen molar-refractivity contribution in [3.8, 4) is 0 Å². The number of thiophene rings is 1. The minimum absolute atomic E-state index is 0.829. The summed E-state index contributed by atoms with van der Waals surface area (Å²) in [6, 6.07) is 12.0. The number of azo groups is 1. The molecule has 0 spiro atoms. The summed E-state index contributed by atoms with van der Waals surface area (Å²) in [4.78, 5) is 6.57. The van der Waals surface area contributed by atoms with Crippen LogP contribution < -0.4 is 15.8 Å². The molecule has 1 aromatic carbocycles. The quantitative estimate of drug-likeness (QED) is 0.434. The summed E-state index contributed by atoms with van der Waals surface area (Å²) >= 11 is 3.24. The average molecular weight is 371 g/mol. The first kappa shape index (κ1) is 16.0. The molecule has 6 nitrogen and oxygen atoms in total. The number of hydrogen-bond acceptors (Lipinski definition) is 8. The van der Waals surface area contributed by atoms with E-state index in [9.17, 15) is 0 Å². The highest BCUT2D eigenvalue weighted by Gasteiger charge is 2.13. The molecule has 8 heteroatoms. The number of thiazole rings is 1. The highest BCUT2D eigenvalue weighted by atomic mass is 32.1. The van der Waals surface area contributed by atoms with Gasteiger partial charge in [0.15, 0.2) is 0 Å². The van der Waals surface area contributed by atoms with Crippen molar-refractivity contribution in [1.29, 1.82) is 0 Å². The molecule has 128 valence electrons.